The van der Waals surface area contributed by atoms with Crippen molar-refractivity contribution in [3.05, 3.63) is 69.5 Å². The van der Waals surface area contributed by atoms with Crippen LogP contribution in [0.4, 0.5) is 11.4 Å². The third-order valence-corrected chi connectivity index (χ3v) is 4.24. The summed E-state index contributed by atoms with van der Waals surface area (Å²) in [5.41, 5.74) is -0.254. The van der Waals surface area contributed by atoms with Crippen LogP contribution >= 0.6 is 11.6 Å². The van der Waals surface area contributed by atoms with Crippen molar-refractivity contribution in [3.63, 3.8) is 0 Å². The van der Waals surface area contributed by atoms with Crippen molar-refractivity contribution < 1.29 is 23.9 Å². The van der Waals surface area contributed by atoms with Crippen LogP contribution in [-0.2, 0) is 6.73 Å². The van der Waals surface area contributed by atoms with Crippen LogP contribution < -0.4 is 19.5 Å². The summed E-state index contributed by atoms with van der Waals surface area (Å²) in [7, 11) is 3.02. The molecule has 1 amide bonds. The number of halogens is 1. The largest absolute Gasteiger partial charge is 0.493 e. The minimum Gasteiger partial charge on any atom is -0.493 e. The molecular formula is C19H17ClN4O6. The molecule has 0 spiro atoms. The van der Waals surface area contributed by atoms with Crippen molar-refractivity contribution in [2.45, 2.75) is 6.73 Å². The highest BCUT2D eigenvalue weighted by atomic mass is 35.5. The third-order valence-electron chi connectivity index (χ3n) is 4.00. The number of amides is 1. The summed E-state index contributed by atoms with van der Waals surface area (Å²) >= 11 is 5.78. The molecule has 0 saturated carbocycles. The van der Waals surface area contributed by atoms with Crippen molar-refractivity contribution in [2.24, 2.45) is 0 Å². The second-order valence-corrected chi connectivity index (χ2v) is 6.31. The predicted octanol–water partition coefficient (Wildman–Crippen LogP) is 3.75. The molecule has 11 heteroatoms. The van der Waals surface area contributed by atoms with E-state index in [1.54, 1.807) is 18.2 Å². The summed E-state index contributed by atoms with van der Waals surface area (Å²) in [6, 6.07) is 10.6. The molecule has 2 aromatic carbocycles. The second kappa shape index (κ2) is 9.14. The quantitative estimate of drug-likeness (QED) is 0.425. The summed E-state index contributed by atoms with van der Waals surface area (Å²) in [6.45, 7) is -0.0227. The number of nitro groups is 1. The van der Waals surface area contributed by atoms with Gasteiger partial charge < -0.3 is 19.5 Å². The number of rotatable bonds is 8. The fourth-order valence-corrected chi connectivity index (χ4v) is 2.76. The molecule has 0 aliphatic carbocycles. The minimum absolute atomic E-state index is 0.0129. The van der Waals surface area contributed by atoms with Crippen LogP contribution in [0.2, 0.25) is 5.02 Å². The van der Waals surface area contributed by atoms with E-state index in [9.17, 15) is 14.9 Å². The Morgan fingerprint density at radius 2 is 1.90 bits per heavy atom. The fourth-order valence-electron chi connectivity index (χ4n) is 2.59. The lowest BCUT2D eigenvalue weighted by atomic mass is 10.2. The maximum absolute atomic E-state index is 12.4. The molecule has 0 atom stereocenters. The average Bonchev–Trinajstić information content (AvgIpc) is 3.22. The van der Waals surface area contributed by atoms with Crippen LogP contribution in [0.15, 0.2) is 48.7 Å². The number of para-hydroxylation sites is 1. The van der Waals surface area contributed by atoms with Crippen molar-refractivity contribution in [2.75, 3.05) is 19.5 Å². The molecule has 0 bridgehead atoms. The molecule has 10 nitrogen and oxygen atoms in total. The Balaban J connectivity index is 1.72. The maximum Gasteiger partial charge on any atom is 0.294 e. The highest BCUT2D eigenvalue weighted by Gasteiger charge is 2.19. The molecule has 0 fully saturated rings. The first kappa shape index (κ1) is 20.9. The molecule has 3 rings (SSSR count). The Morgan fingerprint density at radius 1 is 1.20 bits per heavy atom. The number of anilines is 1. The van der Waals surface area contributed by atoms with E-state index in [0.717, 1.165) is 6.07 Å². The number of hydrogen-bond acceptors (Lipinski definition) is 7. The van der Waals surface area contributed by atoms with Gasteiger partial charge in [0.2, 0.25) is 5.75 Å². The molecule has 0 aliphatic rings. The number of nitro benzene ring substituents is 1. The van der Waals surface area contributed by atoms with Crippen LogP contribution in [0.3, 0.4) is 0 Å². The van der Waals surface area contributed by atoms with Crippen LogP contribution in [0.1, 0.15) is 10.5 Å². The monoisotopic (exact) mass is 432 g/mol. The maximum atomic E-state index is 12.4. The van der Waals surface area contributed by atoms with Gasteiger partial charge in [0.15, 0.2) is 23.9 Å². The third kappa shape index (κ3) is 4.61. The van der Waals surface area contributed by atoms with Crippen LogP contribution in [0.5, 0.6) is 17.2 Å². The number of nitrogens with zero attached hydrogens (tertiary/aromatic N) is 3. The number of hydrogen-bond donors (Lipinski definition) is 1. The first-order valence-corrected chi connectivity index (χ1v) is 8.93. The van der Waals surface area contributed by atoms with Gasteiger partial charge in [-0.25, -0.2) is 4.68 Å². The zero-order valence-corrected chi connectivity index (χ0v) is 16.8. The van der Waals surface area contributed by atoms with Gasteiger partial charge in [0.05, 0.1) is 19.1 Å². The number of benzene rings is 2. The molecule has 30 heavy (non-hydrogen) atoms. The summed E-state index contributed by atoms with van der Waals surface area (Å²) in [5, 5.41) is 17.9. The van der Waals surface area contributed by atoms with Gasteiger partial charge in [0.1, 0.15) is 5.69 Å². The molecule has 156 valence electrons. The van der Waals surface area contributed by atoms with E-state index in [-0.39, 0.29) is 28.8 Å². The first-order valence-electron chi connectivity index (χ1n) is 8.55. The Labute approximate surface area is 176 Å². The van der Waals surface area contributed by atoms with Crippen molar-refractivity contribution in [1.29, 1.82) is 0 Å². The Hall–Kier alpha value is -3.79. The van der Waals surface area contributed by atoms with Gasteiger partial charge >= 0.3 is 0 Å². The van der Waals surface area contributed by atoms with Gasteiger partial charge in [0.25, 0.3) is 11.6 Å². The van der Waals surface area contributed by atoms with E-state index in [1.165, 1.54) is 43.3 Å². The van der Waals surface area contributed by atoms with E-state index in [0.29, 0.717) is 17.2 Å². The van der Waals surface area contributed by atoms with E-state index in [4.69, 9.17) is 25.8 Å². The lowest BCUT2D eigenvalue weighted by Gasteiger charge is -2.13. The highest BCUT2D eigenvalue weighted by Crippen LogP contribution is 2.36. The number of ether oxygens (including phenoxy) is 3. The predicted molar refractivity (Wildman–Crippen MR) is 108 cm³/mol. The fraction of sp³-hybridized carbons (Fsp3) is 0.158. The molecule has 0 saturated heterocycles. The normalized spacial score (nSPS) is 10.4. The van der Waals surface area contributed by atoms with Gasteiger partial charge in [0, 0.05) is 17.3 Å². The molecule has 1 aromatic heterocycles. The Bertz CT molecular complexity index is 1060. The van der Waals surface area contributed by atoms with E-state index >= 15 is 0 Å². The molecule has 0 unspecified atom stereocenters. The summed E-state index contributed by atoms with van der Waals surface area (Å²) < 4.78 is 17.6. The van der Waals surface area contributed by atoms with Gasteiger partial charge in [-0.05, 0) is 30.3 Å². The van der Waals surface area contributed by atoms with Gasteiger partial charge in [-0.1, -0.05) is 17.7 Å². The van der Waals surface area contributed by atoms with Crippen molar-refractivity contribution >= 4 is 28.9 Å². The standard InChI is InChI=1S/C19H17ClN4O6/c1-28-16-4-3-5-17(29-2)18(16)30-11-23-9-8-14(22-23)19(25)21-13-7-6-12(20)10-15(13)24(26)27/h3-10H,11H2,1-2H3,(H,21,25). The summed E-state index contributed by atoms with van der Waals surface area (Å²) in [4.78, 5) is 23.0. The average molecular weight is 433 g/mol. The summed E-state index contributed by atoms with van der Waals surface area (Å²) in [6.07, 6.45) is 1.53. The molecule has 1 heterocycles. The number of nitrogens with one attached hydrogen (secondary N) is 1. The molecule has 0 radical (unpaired) electrons. The van der Waals surface area contributed by atoms with Gasteiger partial charge in [-0.15, -0.1) is 0 Å². The number of carbonyl (C=O) groups is 1. The molecule has 1 N–H and O–H groups in total. The number of aromatic nitrogens is 2. The zero-order chi connectivity index (χ0) is 21.7. The highest BCUT2D eigenvalue weighted by molar-refractivity contribution is 6.31. The minimum atomic E-state index is -0.630. The van der Waals surface area contributed by atoms with Gasteiger partial charge in [-0.2, -0.15) is 5.10 Å². The van der Waals surface area contributed by atoms with Crippen LogP contribution in [0.25, 0.3) is 0 Å². The van der Waals surface area contributed by atoms with E-state index < -0.39 is 10.8 Å². The first-order chi connectivity index (χ1) is 14.4. The summed E-state index contributed by atoms with van der Waals surface area (Å²) in [5.74, 6) is 0.735. The Kier molecular flexibility index (Phi) is 6.38. The molecule has 3 aromatic rings. The molecule has 0 aliphatic heterocycles. The van der Waals surface area contributed by atoms with E-state index in [1.807, 2.05) is 0 Å². The number of carbonyl (C=O) groups excluding carboxylic acids is 1. The molecular weight excluding hydrogens is 416 g/mol. The second-order valence-electron chi connectivity index (χ2n) is 5.88. The smallest absolute Gasteiger partial charge is 0.294 e. The zero-order valence-electron chi connectivity index (χ0n) is 16.0. The lowest BCUT2D eigenvalue weighted by molar-refractivity contribution is -0.383. The SMILES string of the molecule is COc1cccc(OC)c1OCn1ccc(C(=O)Nc2ccc(Cl)cc2[N+](=O)[O-])n1. The number of methoxy groups -OCH3 is 2. The Morgan fingerprint density at radius 3 is 2.53 bits per heavy atom. The van der Waals surface area contributed by atoms with Crippen molar-refractivity contribution in [3.8, 4) is 17.2 Å². The lowest BCUT2D eigenvalue weighted by Crippen LogP contribution is -2.15. The van der Waals surface area contributed by atoms with Crippen LogP contribution in [-0.4, -0.2) is 34.8 Å². The van der Waals surface area contributed by atoms with Crippen LogP contribution in [0, 0.1) is 10.1 Å². The van der Waals surface area contributed by atoms with Gasteiger partial charge in [-0.3, -0.25) is 14.9 Å². The van der Waals surface area contributed by atoms with E-state index in [2.05, 4.69) is 10.4 Å². The topological polar surface area (TPSA) is 118 Å². The van der Waals surface area contributed by atoms with Crippen molar-refractivity contribution in [1.82, 2.24) is 9.78 Å².